The molecule has 33 heavy (non-hydrogen) atoms. The van der Waals surface area contributed by atoms with Crippen LogP contribution < -0.4 is 9.64 Å². The second kappa shape index (κ2) is 9.79. The van der Waals surface area contributed by atoms with Crippen molar-refractivity contribution in [1.29, 1.82) is 0 Å². The van der Waals surface area contributed by atoms with Gasteiger partial charge in [0.25, 0.3) is 0 Å². The molecule has 1 saturated carbocycles. The van der Waals surface area contributed by atoms with Crippen molar-refractivity contribution >= 4 is 12.0 Å². The number of piperidine rings is 1. The fourth-order valence-corrected chi connectivity index (χ4v) is 6.75. The first-order chi connectivity index (χ1) is 16.2. The summed E-state index contributed by atoms with van der Waals surface area (Å²) in [7, 11) is 1.79. The van der Waals surface area contributed by atoms with Crippen LogP contribution >= 0.6 is 0 Å². The van der Waals surface area contributed by atoms with Crippen LogP contribution in [0.3, 0.4) is 0 Å². The first kappa shape index (κ1) is 22.3. The van der Waals surface area contributed by atoms with Crippen molar-refractivity contribution < 1.29 is 14.6 Å². The normalized spacial score (nSPS) is 24.3. The first-order valence-electron chi connectivity index (χ1n) is 12.9. The zero-order valence-electron chi connectivity index (χ0n) is 19.8. The van der Waals surface area contributed by atoms with E-state index in [0.29, 0.717) is 17.6 Å². The molecule has 2 atom stereocenters. The van der Waals surface area contributed by atoms with Gasteiger partial charge in [0.05, 0.1) is 7.11 Å². The molecule has 2 aliphatic carbocycles. The van der Waals surface area contributed by atoms with Gasteiger partial charge in [-0.25, -0.2) is 0 Å². The average molecular weight is 448 g/mol. The number of rotatable bonds is 5. The number of phenolic OH excluding ortho intramolecular Hbond substituents is 1. The summed E-state index contributed by atoms with van der Waals surface area (Å²) in [6.45, 7) is 1.84. The van der Waals surface area contributed by atoms with Gasteiger partial charge in [0.1, 0.15) is 17.8 Å². The van der Waals surface area contributed by atoms with Crippen LogP contribution in [0, 0.1) is 17.8 Å². The minimum Gasteiger partial charge on any atom is -0.508 e. The smallest absolute Gasteiger partial charge is 0.124 e. The lowest BCUT2D eigenvalue weighted by atomic mass is 9.64. The third-order valence-electron chi connectivity index (χ3n) is 8.54. The van der Waals surface area contributed by atoms with Crippen molar-refractivity contribution in [3.8, 4) is 11.5 Å². The maximum Gasteiger partial charge on any atom is 0.124 e. The molecule has 0 unspecified atom stereocenters. The second-order valence-corrected chi connectivity index (χ2v) is 10.3. The van der Waals surface area contributed by atoms with Crippen LogP contribution in [0.25, 0.3) is 0 Å². The molecule has 0 spiro atoms. The minimum atomic E-state index is 0.203. The number of aromatic hydroxyl groups is 1. The largest absolute Gasteiger partial charge is 0.508 e. The Morgan fingerprint density at radius 3 is 2.42 bits per heavy atom. The maximum atomic E-state index is 11.2. The van der Waals surface area contributed by atoms with Crippen LogP contribution in [0.1, 0.15) is 74.0 Å². The molecule has 3 aliphatic rings. The van der Waals surface area contributed by atoms with Crippen LogP contribution in [0.15, 0.2) is 36.4 Å². The third kappa shape index (κ3) is 4.49. The van der Waals surface area contributed by atoms with E-state index in [2.05, 4.69) is 29.2 Å². The summed E-state index contributed by atoms with van der Waals surface area (Å²) in [5.74, 6) is 3.22. The Bertz CT molecular complexity index is 973. The van der Waals surface area contributed by atoms with Crippen molar-refractivity contribution in [2.24, 2.45) is 17.8 Å². The zero-order valence-corrected chi connectivity index (χ0v) is 19.8. The predicted octanol–water partition coefficient (Wildman–Crippen LogP) is 6.09. The Balaban J connectivity index is 1.51. The summed E-state index contributed by atoms with van der Waals surface area (Å²) in [6, 6.07) is 12.7. The number of nitrogens with zero attached hydrogens (tertiary/aromatic N) is 1. The Morgan fingerprint density at radius 1 is 0.939 bits per heavy atom. The van der Waals surface area contributed by atoms with Crippen molar-refractivity contribution in [1.82, 2.24) is 0 Å². The van der Waals surface area contributed by atoms with E-state index in [9.17, 15) is 9.90 Å². The Hall–Kier alpha value is -2.49. The van der Waals surface area contributed by atoms with Crippen molar-refractivity contribution in [3.05, 3.63) is 53.1 Å². The monoisotopic (exact) mass is 447 g/mol. The van der Waals surface area contributed by atoms with E-state index in [4.69, 9.17) is 4.74 Å². The fourth-order valence-electron chi connectivity index (χ4n) is 6.75. The van der Waals surface area contributed by atoms with Crippen molar-refractivity contribution in [2.75, 3.05) is 25.1 Å². The number of methoxy groups -OCH3 is 1. The zero-order chi connectivity index (χ0) is 22.8. The molecule has 0 aromatic heterocycles. The van der Waals surface area contributed by atoms with E-state index in [1.54, 1.807) is 7.11 Å². The lowest BCUT2D eigenvalue weighted by Gasteiger charge is -2.41. The molecule has 2 aromatic rings. The van der Waals surface area contributed by atoms with E-state index in [1.165, 1.54) is 60.9 Å². The number of ether oxygens (including phenoxy) is 1. The molecular formula is C29H37NO3. The van der Waals surface area contributed by atoms with Crippen LogP contribution in [0.2, 0.25) is 0 Å². The highest BCUT2D eigenvalue weighted by Gasteiger charge is 2.38. The van der Waals surface area contributed by atoms with Gasteiger partial charge in [0.2, 0.25) is 0 Å². The standard InChI is InChI=1S/C29H37NO3/c1-33-28-18-23(30-15-13-20(19-31)14-16-30)8-11-27(28)29-25(21-5-3-2-4-6-21)10-7-22-17-24(32)9-12-26(22)29/h8-9,11-12,17-21,25,29,32H,2-7,10,13-16H2,1H3/t25-,29+/m0/s1. The van der Waals surface area contributed by atoms with Gasteiger partial charge in [0.15, 0.2) is 0 Å². The quantitative estimate of drug-likeness (QED) is 0.564. The Kier molecular flexibility index (Phi) is 6.62. The molecule has 5 rings (SSSR count). The molecule has 1 aliphatic heterocycles. The molecule has 4 heteroatoms. The van der Waals surface area contributed by atoms with Gasteiger partial charge in [-0.3, -0.25) is 0 Å². The van der Waals surface area contributed by atoms with Gasteiger partial charge >= 0.3 is 0 Å². The van der Waals surface area contributed by atoms with E-state index >= 15 is 0 Å². The second-order valence-electron chi connectivity index (χ2n) is 10.3. The van der Waals surface area contributed by atoms with E-state index < -0.39 is 0 Å². The van der Waals surface area contributed by atoms with Gasteiger partial charge in [0, 0.05) is 42.2 Å². The minimum absolute atomic E-state index is 0.203. The molecule has 1 heterocycles. The number of aryl methyl sites for hydroxylation is 1. The van der Waals surface area contributed by atoms with Crippen LogP contribution in [-0.4, -0.2) is 31.6 Å². The molecule has 4 nitrogen and oxygen atoms in total. The average Bonchev–Trinajstić information content (AvgIpc) is 2.88. The van der Waals surface area contributed by atoms with Crippen LogP contribution in [0.4, 0.5) is 5.69 Å². The van der Waals surface area contributed by atoms with Gasteiger partial charge < -0.3 is 19.5 Å². The van der Waals surface area contributed by atoms with E-state index in [1.807, 2.05) is 12.1 Å². The predicted molar refractivity (Wildman–Crippen MR) is 132 cm³/mol. The van der Waals surface area contributed by atoms with Gasteiger partial charge in [-0.1, -0.05) is 44.2 Å². The summed E-state index contributed by atoms with van der Waals surface area (Å²) >= 11 is 0. The summed E-state index contributed by atoms with van der Waals surface area (Å²) in [4.78, 5) is 13.5. The van der Waals surface area contributed by atoms with Crippen LogP contribution in [0.5, 0.6) is 11.5 Å². The van der Waals surface area contributed by atoms with Gasteiger partial charge in [-0.2, -0.15) is 0 Å². The maximum absolute atomic E-state index is 11.2. The number of phenols is 1. The molecule has 0 bridgehead atoms. The number of hydrogen-bond donors (Lipinski definition) is 1. The third-order valence-corrected chi connectivity index (χ3v) is 8.54. The number of carbonyl (C=O) groups is 1. The lowest BCUT2D eigenvalue weighted by Crippen LogP contribution is -2.34. The molecule has 0 amide bonds. The highest BCUT2D eigenvalue weighted by atomic mass is 16.5. The number of carbonyl (C=O) groups excluding carboxylic acids is 1. The molecule has 2 fully saturated rings. The van der Waals surface area contributed by atoms with Crippen molar-refractivity contribution in [3.63, 3.8) is 0 Å². The first-order valence-corrected chi connectivity index (χ1v) is 12.9. The summed E-state index contributed by atoms with van der Waals surface area (Å²) in [6.07, 6.45) is 11.9. The number of hydrogen-bond acceptors (Lipinski definition) is 4. The molecule has 1 saturated heterocycles. The van der Waals surface area contributed by atoms with E-state index in [0.717, 1.165) is 50.3 Å². The van der Waals surface area contributed by atoms with Crippen LogP contribution in [-0.2, 0) is 11.2 Å². The molecular weight excluding hydrogens is 410 g/mol. The summed E-state index contributed by atoms with van der Waals surface area (Å²) < 4.78 is 6.01. The number of benzene rings is 2. The SMILES string of the molecule is COc1cc(N2CCC(C=O)CC2)ccc1[C@H]1c2ccc(O)cc2CC[C@H]1C1CCCCC1. The topological polar surface area (TPSA) is 49.8 Å². The van der Waals surface area contributed by atoms with Gasteiger partial charge in [-0.05, 0) is 66.8 Å². The molecule has 176 valence electrons. The highest BCUT2D eigenvalue weighted by molar-refractivity contribution is 5.59. The number of anilines is 1. The van der Waals surface area contributed by atoms with Crippen molar-refractivity contribution in [2.45, 2.75) is 63.7 Å². The Labute approximate surface area is 198 Å². The van der Waals surface area contributed by atoms with E-state index in [-0.39, 0.29) is 5.92 Å². The summed E-state index contributed by atoms with van der Waals surface area (Å²) in [5, 5.41) is 10.1. The van der Waals surface area contributed by atoms with Gasteiger partial charge in [-0.15, -0.1) is 0 Å². The Morgan fingerprint density at radius 2 is 1.70 bits per heavy atom. The molecule has 2 aromatic carbocycles. The highest BCUT2D eigenvalue weighted by Crippen LogP contribution is 2.50. The summed E-state index contributed by atoms with van der Waals surface area (Å²) in [5.41, 5.74) is 5.13. The number of fused-ring (bicyclic) bond motifs is 1. The molecule has 0 radical (unpaired) electrons. The lowest BCUT2D eigenvalue weighted by molar-refractivity contribution is -0.111. The fraction of sp³-hybridized carbons (Fsp3) is 0.552. The molecule has 1 N–H and O–H groups in total. The number of aldehydes is 1.